The molecule has 28 heavy (non-hydrogen) atoms. The number of nitrogens with zero attached hydrogens (tertiary/aromatic N) is 5. The van der Waals surface area contributed by atoms with E-state index in [0.717, 1.165) is 24.6 Å². The van der Waals surface area contributed by atoms with Crippen LogP contribution in [-0.4, -0.2) is 38.3 Å². The van der Waals surface area contributed by atoms with E-state index < -0.39 is 27.4 Å². The summed E-state index contributed by atoms with van der Waals surface area (Å²) < 4.78 is 65.1. The summed E-state index contributed by atoms with van der Waals surface area (Å²) in [5.74, 6) is -0.241. The van der Waals surface area contributed by atoms with Crippen LogP contribution in [0.4, 0.5) is 13.2 Å². The lowest BCUT2D eigenvalue weighted by Gasteiger charge is -2.09. The van der Waals surface area contributed by atoms with Gasteiger partial charge in [-0.05, 0) is 30.4 Å². The Hall–Kier alpha value is -2.76. The standard InChI is InChI=1S/C16H14F3N5O3S/c1-2-28(26,27)11-5-10(9-3-4-9)6-21-14(11)24-15(25)23-8-12(16(17,18)19)20-7-13(23)22-24/h5-9H,2-4H2,1H3. The summed E-state index contributed by atoms with van der Waals surface area (Å²) in [6.45, 7) is 1.45. The maximum absolute atomic E-state index is 12.9. The highest BCUT2D eigenvalue weighted by Gasteiger charge is 2.34. The summed E-state index contributed by atoms with van der Waals surface area (Å²) >= 11 is 0. The molecule has 0 spiro atoms. The minimum absolute atomic E-state index is 0.161. The van der Waals surface area contributed by atoms with Crippen molar-refractivity contribution in [2.24, 2.45) is 0 Å². The van der Waals surface area contributed by atoms with E-state index in [1.165, 1.54) is 19.2 Å². The molecule has 0 aliphatic heterocycles. The van der Waals surface area contributed by atoms with Crippen molar-refractivity contribution in [1.29, 1.82) is 0 Å². The van der Waals surface area contributed by atoms with E-state index in [-0.39, 0.29) is 28.0 Å². The zero-order chi connectivity index (χ0) is 20.3. The third-order valence-electron chi connectivity index (χ3n) is 4.52. The predicted octanol–water partition coefficient (Wildman–Crippen LogP) is 1.96. The van der Waals surface area contributed by atoms with Crippen LogP contribution in [0, 0.1) is 0 Å². The fourth-order valence-corrected chi connectivity index (χ4v) is 3.85. The minimum Gasteiger partial charge on any atom is -0.246 e. The first-order chi connectivity index (χ1) is 13.1. The Morgan fingerprint density at radius 3 is 2.54 bits per heavy atom. The number of hydrogen-bond acceptors (Lipinski definition) is 6. The van der Waals surface area contributed by atoms with E-state index in [2.05, 4.69) is 15.1 Å². The highest BCUT2D eigenvalue weighted by Crippen LogP contribution is 2.40. The molecule has 1 saturated carbocycles. The Morgan fingerprint density at radius 2 is 1.93 bits per heavy atom. The maximum atomic E-state index is 12.9. The van der Waals surface area contributed by atoms with Crippen molar-refractivity contribution in [3.05, 3.63) is 46.4 Å². The number of aromatic nitrogens is 5. The normalized spacial score (nSPS) is 15.3. The van der Waals surface area contributed by atoms with Crippen LogP contribution < -0.4 is 5.69 Å². The van der Waals surface area contributed by atoms with Crippen LogP contribution in [0.3, 0.4) is 0 Å². The van der Waals surface area contributed by atoms with Gasteiger partial charge in [-0.25, -0.2) is 27.6 Å². The van der Waals surface area contributed by atoms with Crippen molar-refractivity contribution in [2.75, 3.05) is 5.75 Å². The first-order valence-corrected chi connectivity index (χ1v) is 10.0. The van der Waals surface area contributed by atoms with Crippen LogP contribution >= 0.6 is 0 Å². The number of alkyl halides is 3. The third kappa shape index (κ3) is 3.07. The molecule has 8 nitrogen and oxygen atoms in total. The molecular weight excluding hydrogens is 399 g/mol. The van der Waals surface area contributed by atoms with Gasteiger partial charge in [-0.15, -0.1) is 5.10 Å². The molecule has 0 aromatic carbocycles. The van der Waals surface area contributed by atoms with Crippen molar-refractivity contribution in [3.63, 3.8) is 0 Å². The van der Waals surface area contributed by atoms with Gasteiger partial charge in [-0.2, -0.15) is 17.9 Å². The van der Waals surface area contributed by atoms with Crippen molar-refractivity contribution in [1.82, 2.24) is 24.1 Å². The summed E-state index contributed by atoms with van der Waals surface area (Å²) in [4.78, 5) is 19.8. The van der Waals surface area contributed by atoms with Crippen LogP contribution in [0.5, 0.6) is 0 Å². The summed E-state index contributed by atoms with van der Waals surface area (Å²) in [7, 11) is -3.76. The van der Waals surface area contributed by atoms with Crippen molar-refractivity contribution >= 4 is 15.5 Å². The topological polar surface area (TPSA) is 99.2 Å². The second-order valence-electron chi connectivity index (χ2n) is 6.46. The first kappa shape index (κ1) is 18.6. The third-order valence-corrected chi connectivity index (χ3v) is 6.25. The van der Waals surface area contributed by atoms with Crippen LogP contribution in [0.25, 0.3) is 11.5 Å². The molecule has 0 amide bonds. The average molecular weight is 413 g/mol. The Morgan fingerprint density at radius 1 is 1.21 bits per heavy atom. The molecule has 12 heteroatoms. The molecule has 0 atom stereocenters. The van der Waals surface area contributed by atoms with Gasteiger partial charge in [0.2, 0.25) is 0 Å². The van der Waals surface area contributed by atoms with E-state index in [9.17, 15) is 26.4 Å². The number of hydrogen-bond donors (Lipinski definition) is 0. The molecular formula is C16H14F3N5O3S. The second kappa shape index (κ2) is 6.12. The Labute approximate surface area is 156 Å². The summed E-state index contributed by atoms with van der Waals surface area (Å²) in [5, 5.41) is 3.91. The molecule has 148 valence electrons. The van der Waals surface area contributed by atoms with E-state index >= 15 is 0 Å². The highest BCUT2D eigenvalue weighted by atomic mass is 32.2. The lowest BCUT2D eigenvalue weighted by atomic mass is 10.2. The molecule has 0 bridgehead atoms. The average Bonchev–Trinajstić information content (AvgIpc) is 3.45. The molecule has 1 fully saturated rings. The monoisotopic (exact) mass is 413 g/mol. The SMILES string of the molecule is CCS(=O)(=O)c1cc(C2CC2)cnc1-n1nc2cnc(C(F)(F)F)cn2c1=O. The second-order valence-corrected chi connectivity index (χ2v) is 8.71. The predicted molar refractivity (Wildman–Crippen MR) is 91.1 cm³/mol. The van der Waals surface area contributed by atoms with Crippen molar-refractivity contribution in [3.8, 4) is 5.82 Å². The van der Waals surface area contributed by atoms with Gasteiger partial charge in [-0.3, -0.25) is 0 Å². The largest absolute Gasteiger partial charge is 0.434 e. The molecule has 4 rings (SSSR count). The van der Waals surface area contributed by atoms with Gasteiger partial charge < -0.3 is 0 Å². The van der Waals surface area contributed by atoms with Crippen LogP contribution in [0.15, 0.2) is 34.3 Å². The van der Waals surface area contributed by atoms with E-state index in [4.69, 9.17) is 0 Å². The Kier molecular flexibility index (Phi) is 4.07. The maximum Gasteiger partial charge on any atom is 0.434 e. The summed E-state index contributed by atoms with van der Waals surface area (Å²) in [6.07, 6.45) is -0.102. The number of sulfone groups is 1. The van der Waals surface area contributed by atoms with Crippen LogP contribution in [-0.2, 0) is 16.0 Å². The van der Waals surface area contributed by atoms with Gasteiger partial charge in [0.15, 0.2) is 27.0 Å². The minimum atomic E-state index is -4.74. The molecule has 1 aliphatic carbocycles. The Balaban J connectivity index is 1.95. The van der Waals surface area contributed by atoms with E-state index in [1.54, 1.807) is 0 Å². The Bertz CT molecular complexity index is 1240. The van der Waals surface area contributed by atoms with Gasteiger partial charge in [0.1, 0.15) is 4.90 Å². The molecule has 0 saturated heterocycles. The molecule has 0 radical (unpaired) electrons. The summed E-state index contributed by atoms with van der Waals surface area (Å²) in [5.41, 5.74) is -1.65. The number of pyridine rings is 1. The van der Waals surface area contributed by atoms with Crippen LogP contribution in [0.1, 0.15) is 36.9 Å². The van der Waals surface area contributed by atoms with E-state index in [0.29, 0.717) is 15.3 Å². The fourth-order valence-electron chi connectivity index (χ4n) is 2.81. The molecule has 0 N–H and O–H groups in total. The van der Waals surface area contributed by atoms with Gasteiger partial charge >= 0.3 is 11.9 Å². The fraction of sp³-hybridized carbons (Fsp3) is 0.375. The lowest BCUT2D eigenvalue weighted by Crippen LogP contribution is -2.24. The lowest BCUT2D eigenvalue weighted by molar-refractivity contribution is -0.141. The zero-order valence-electron chi connectivity index (χ0n) is 14.5. The quantitative estimate of drug-likeness (QED) is 0.649. The molecule has 0 unspecified atom stereocenters. The van der Waals surface area contributed by atoms with Crippen LogP contribution in [0.2, 0.25) is 0 Å². The number of halogens is 3. The van der Waals surface area contributed by atoms with Crippen molar-refractivity contribution in [2.45, 2.75) is 36.8 Å². The van der Waals surface area contributed by atoms with Gasteiger partial charge in [0, 0.05) is 12.4 Å². The van der Waals surface area contributed by atoms with Crippen molar-refractivity contribution < 1.29 is 21.6 Å². The summed E-state index contributed by atoms with van der Waals surface area (Å²) in [6, 6.07) is 1.47. The number of fused-ring (bicyclic) bond motifs is 1. The smallest absolute Gasteiger partial charge is 0.246 e. The molecule has 3 heterocycles. The zero-order valence-corrected chi connectivity index (χ0v) is 15.3. The van der Waals surface area contributed by atoms with Gasteiger partial charge in [-0.1, -0.05) is 6.92 Å². The van der Waals surface area contributed by atoms with E-state index in [1.807, 2.05) is 0 Å². The number of rotatable bonds is 4. The molecule has 3 aromatic heterocycles. The first-order valence-electron chi connectivity index (χ1n) is 8.39. The molecule has 3 aromatic rings. The van der Waals surface area contributed by atoms with Gasteiger partial charge in [0.05, 0.1) is 11.9 Å². The highest BCUT2D eigenvalue weighted by molar-refractivity contribution is 7.91. The van der Waals surface area contributed by atoms with Gasteiger partial charge in [0.25, 0.3) is 0 Å². The molecule has 1 aliphatic rings.